The molecule has 1 N–H and O–H groups in total. The molecule has 7 heteroatoms. The van der Waals surface area contributed by atoms with E-state index in [9.17, 15) is 14.7 Å². The molecular formula is C28H35ClN2O4. The summed E-state index contributed by atoms with van der Waals surface area (Å²) in [4.78, 5) is 28.3. The van der Waals surface area contributed by atoms with E-state index in [1.165, 1.54) is 29.7 Å². The minimum atomic E-state index is -0.992. The normalized spacial score (nSPS) is 17.2. The highest BCUT2D eigenvalue weighted by molar-refractivity contribution is 6.30. The van der Waals surface area contributed by atoms with Crippen LogP contribution in [0.2, 0.25) is 5.02 Å². The predicted molar refractivity (Wildman–Crippen MR) is 138 cm³/mol. The Balaban J connectivity index is 1.69. The van der Waals surface area contributed by atoms with Crippen molar-refractivity contribution >= 4 is 29.2 Å². The SMILES string of the molecule is CN(C)C(=O)C[C@H](C(=O)O)c1ccc2c(c1)N(CC1CCC1)CCCCc1cc(Cl)ccc1CO2. The van der Waals surface area contributed by atoms with E-state index in [0.717, 1.165) is 54.4 Å². The fraction of sp³-hybridized carbons (Fsp3) is 0.500. The highest BCUT2D eigenvalue weighted by atomic mass is 35.5. The number of hydrogen-bond donors (Lipinski definition) is 1. The summed E-state index contributed by atoms with van der Waals surface area (Å²) in [5, 5.41) is 10.7. The van der Waals surface area contributed by atoms with Crippen LogP contribution in [0.5, 0.6) is 5.75 Å². The molecule has 0 radical (unpaired) electrons. The number of hydrogen-bond acceptors (Lipinski definition) is 4. The lowest BCUT2D eigenvalue weighted by atomic mass is 9.85. The monoisotopic (exact) mass is 498 g/mol. The largest absolute Gasteiger partial charge is 0.487 e. The molecule has 0 spiro atoms. The Morgan fingerprint density at radius 2 is 1.91 bits per heavy atom. The zero-order chi connectivity index (χ0) is 24.9. The number of benzene rings is 2. The van der Waals surface area contributed by atoms with E-state index in [0.29, 0.717) is 18.1 Å². The van der Waals surface area contributed by atoms with Crippen molar-refractivity contribution in [3.05, 3.63) is 58.1 Å². The third-order valence-electron chi connectivity index (χ3n) is 7.28. The van der Waals surface area contributed by atoms with E-state index >= 15 is 0 Å². The summed E-state index contributed by atoms with van der Waals surface area (Å²) in [6.45, 7) is 2.24. The summed E-state index contributed by atoms with van der Waals surface area (Å²) in [5.41, 5.74) is 3.90. The Morgan fingerprint density at radius 1 is 1.11 bits per heavy atom. The van der Waals surface area contributed by atoms with Crippen LogP contribution in [-0.2, 0) is 22.6 Å². The van der Waals surface area contributed by atoms with Gasteiger partial charge in [-0.25, -0.2) is 0 Å². The molecule has 35 heavy (non-hydrogen) atoms. The molecule has 0 bridgehead atoms. The van der Waals surface area contributed by atoms with Gasteiger partial charge in [-0.3, -0.25) is 9.59 Å². The summed E-state index contributed by atoms with van der Waals surface area (Å²) in [6, 6.07) is 11.6. The second kappa shape index (κ2) is 11.3. The Labute approximate surface area is 212 Å². The van der Waals surface area contributed by atoms with E-state index in [1.807, 2.05) is 30.3 Å². The van der Waals surface area contributed by atoms with Crippen LogP contribution in [0.3, 0.4) is 0 Å². The number of carbonyl (C=O) groups excluding carboxylic acids is 1. The average Bonchev–Trinajstić information content (AvgIpc) is 2.82. The molecule has 1 atom stereocenters. The van der Waals surface area contributed by atoms with Crippen LogP contribution in [0.15, 0.2) is 36.4 Å². The van der Waals surface area contributed by atoms with Gasteiger partial charge in [-0.1, -0.05) is 30.2 Å². The van der Waals surface area contributed by atoms with E-state index in [2.05, 4.69) is 4.90 Å². The van der Waals surface area contributed by atoms with Crippen LogP contribution in [0.25, 0.3) is 0 Å². The molecule has 0 saturated heterocycles. The average molecular weight is 499 g/mol. The number of halogens is 1. The molecule has 2 aliphatic rings. The molecule has 1 saturated carbocycles. The van der Waals surface area contributed by atoms with Gasteiger partial charge in [0.15, 0.2) is 0 Å². The standard InChI is InChI=1S/C28H35ClN2O4/c1-30(2)27(32)16-24(28(33)34)21-10-12-26-25(15-21)31(17-19-6-5-7-19)13-4-3-8-20-14-23(29)11-9-22(20)18-35-26/h9-12,14-15,19,24H,3-8,13,16-18H2,1-2H3,(H,33,34)/t24-/m0/s1. The predicted octanol–water partition coefficient (Wildman–Crippen LogP) is 5.51. The number of ether oxygens (including phenoxy) is 1. The molecule has 1 aliphatic carbocycles. The van der Waals surface area contributed by atoms with Crippen molar-refractivity contribution in [2.24, 2.45) is 5.92 Å². The minimum Gasteiger partial charge on any atom is -0.487 e. The molecule has 1 aliphatic heterocycles. The molecule has 4 rings (SSSR count). The number of carboxylic acid groups (broad SMARTS) is 1. The first-order valence-electron chi connectivity index (χ1n) is 12.5. The zero-order valence-corrected chi connectivity index (χ0v) is 21.4. The molecule has 2 aromatic carbocycles. The summed E-state index contributed by atoms with van der Waals surface area (Å²) < 4.78 is 6.36. The fourth-order valence-corrected chi connectivity index (χ4v) is 5.06. The fourth-order valence-electron chi connectivity index (χ4n) is 4.86. The van der Waals surface area contributed by atoms with Crippen LogP contribution < -0.4 is 9.64 Å². The number of amides is 1. The van der Waals surface area contributed by atoms with Crippen LogP contribution in [0.4, 0.5) is 5.69 Å². The van der Waals surface area contributed by atoms with Gasteiger partial charge in [-0.2, -0.15) is 0 Å². The Kier molecular flexibility index (Phi) is 8.22. The summed E-state index contributed by atoms with van der Waals surface area (Å²) in [5.74, 6) is -0.695. The topological polar surface area (TPSA) is 70.1 Å². The molecule has 1 amide bonds. The number of anilines is 1. The Hall–Kier alpha value is -2.73. The smallest absolute Gasteiger partial charge is 0.311 e. The lowest BCUT2D eigenvalue weighted by Gasteiger charge is -2.35. The maximum atomic E-state index is 12.4. The highest BCUT2D eigenvalue weighted by Gasteiger charge is 2.28. The van der Waals surface area contributed by atoms with Crippen molar-refractivity contribution in [2.45, 2.75) is 57.5 Å². The second-order valence-corrected chi connectivity index (χ2v) is 10.4. The van der Waals surface area contributed by atoms with Gasteiger partial charge in [0.1, 0.15) is 12.4 Å². The molecule has 0 aromatic heterocycles. The van der Waals surface area contributed by atoms with Gasteiger partial charge in [0, 0.05) is 38.6 Å². The van der Waals surface area contributed by atoms with Crippen LogP contribution in [-0.4, -0.2) is 49.1 Å². The van der Waals surface area contributed by atoms with E-state index < -0.39 is 11.9 Å². The van der Waals surface area contributed by atoms with Crippen molar-refractivity contribution in [2.75, 3.05) is 32.1 Å². The number of nitrogens with zero attached hydrogens (tertiary/aromatic N) is 2. The quantitative estimate of drug-likeness (QED) is 0.568. The van der Waals surface area contributed by atoms with Gasteiger partial charge >= 0.3 is 5.97 Å². The first-order chi connectivity index (χ1) is 16.8. The maximum absolute atomic E-state index is 12.4. The number of aryl methyl sites for hydroxylation is 1. The molecule has 2 aromatic rings. The van der Waals surface area contributed by atoms with Gasteiger partial charge in [0.2, 0.25) is 5.91 Å². The van der Waals surface area contributed by atoms with Gasteiger partial charge < -0.3 is 19.6 Å². The van der Waals surface area contributed by atoms with Crippen molar-refractivity contribution in [3.63, 3.8) is 0 Å². The number of carboxylic acids is 1. The van der Waals surface area contributed by atoms with Gasteiger partial charge in [-0.15, -0.1) is 0 Å². The Bertz CT molecular complexity index is 1070. The second-order valence-electron chi connectivity index (χ2n) is 10.0. The number of aliphatic carboxylic acids is 1. The number of carbonyl (C=O) groups is 2. The van der Waals surface area contributed by atoms with E-state index in [4.69, 9.17) is 16.3 Å². The number of fused-ring (bicyclic) bond motifs is 2. The van der Waals surface area contributed by atoms with Crippen LogP contribution in [0.1, 0.15) is 61.1 Å². The van der Waals surface area contributed by atoms with Gasteiger partial charge in [0.05, 0.1) is 11.6 Å². The van der Waals surface area contributed by atoms with E-state index in [1.54, 1.807) is 20.2 Å². The first kappa shape index (κ1) is 25.4. The van der Waals surface area contributed by atoms with Gasteiger partial charge in [0.25, 0.3) is 0 Å². The number of rotatable bonds is 6. The lowest BCUT2D eigenvalue weighted by Crippen LogP contribution is -2.34. The molecule has 0 unspecified atom stereocenters. The zero-order valence-electron chi connectivity index (χ0n) is 20.6. The molecule has 1 heterocycles. The summed E-state index contributed by atoms with van der Waals surface area (Å²) in [6.07, 6.45) is 6.66. The highest BCUT2D eigenvalue weighted by Crippen LogP contribution is 2.37. The van der Waals surface area contributed by atoms with E-state index in [-0.39, 0.29) is 12.3 Å². The first-order valence-corrected chi connectivity index (χ1v) is 12.9. The Morgan fingerprint density at radius 3 is 2.60 bits per heavy atom. The van der Waals surface area contributed by atoms with Crippen LogP contribution >= 0.6 is 11.6 Å². The molecule has 1 fully saturated rings. The van der Waals surface area contributed by atoms with Crippen molar-refractivity contribution in [1.82, 2.24) is 4.90 Å². The van der Waals surface area contributed by atoms with Gasteiger partial charge in [-0.05, 0) is 79.0 Å². The third-order valence-corrected chi connectivity index (χ3v) is 7.52. The lowest BCUT2D eigenvalue weighted by molar-refractivity contribution is -0.142. The summed E-state index contributed by atoms with van der Waals surface area (Å²) >= 11 is 6.26. The van der Waals surface area contributed by atoms with Crippen molar-refractivity contribution in [1.29, 1.82) is 0 Å². The maximum Gasteiger partial charge on any atom is 0.311 e. The minimum absolute atomic E-state index is 0.0707. The summed E-state index contributed by atoms with van der Waals surface area (Å²) in [7, 11) is 3.30. The molecule has 6 nitrogen and oxygen atoms in total. The van der Waals surface area contributed by atoms with Crippen molar-refractivity contribution < 1.29 is 19.4 Å². The van der Waals surface area contributed by atoms with Crippen molar-refractivity contribution in [3.8, 4) is 5.75 Å². The molecular weight excluding hydrogens is 464 g/mol. The molecule has 188 valence electrons. The van der Waals surface area contributed by atoms with Crippen LogP contribution in [0, 0.1) is 5.92 Å². The third kappa shape index (κ3) is 6.29.